The molecular weight excluding hydrogens is 170 g/mol. The molecule has 4 nitrogen and oxygen atoms in total. The second kappa shape index (κ2) is 5.07. The first-order valence-corrected chi connectivity index (χ1v) is 4.73. The van der Waals surface area contributed by atoms with Gasteiger partial charge in [-0.25, -0.2) is 4.79 Å². The Morgan fingerprint density at radius 3 is 3.00 bits per heavy atom. The molecule has 1 unspecified atom stereocenters. The van der Waals surface area contributed by atoms with Gasteiger partial charge in [-0.1, -0.05) is 0 Å². The molecule has 0 saturated carbocycles. The summed E-state index contributed by atoms with van der Waals surface area (Å²) in [5, 5.41) is 2.65. The number of hydrogen-bond donors (Lipinski definition) is 1. The van der Waals surface area contributed by atoms with E-state index < -0.39 is 0 Å². The third-order valence-electron chi connectivity index (χ3n) is 1.83. The lowest BCUT2D eigenvalue weighted by Crippen LogP contribution is -2.32. The van der Waals surface area contributed by atoms with E-state index in [1.165, 1.54) is 0 Å². The van der Waals surface area contributed by atoms with Gasteiger partial charge in [-0.2, -0.15) is 0 Å². The Morgan fingerprint density at radius 1 is 1.69 bits per heavy atom. The Kier molecular flexibility index (Phi) is 4.02. The van der Waals surface area contributed by atoms with E-state index in [0.717, 1.165) is 19.4 Å². The molecule has 1 fully saturated rings. The van der Waals surface area contributed by atoms with E-state index >= 15 is 0 Å². The lowest BCUT2D eigenvalue weighted by Gasteiger charge is -2.12. The number of rotatable bonds is 3. The summed E-state index contributed by atoms with van der Waals surface area (Å²) in [6.07, 6.45) is 1.82. The fourth-order valence-electron chi connectivity index (χ4n) is 1.22. The van der Waals surface area contributed by atoms with Crippen LogP contribution < -0.4 is 5.32 Å². The van der Waals surface area contributed by atoms with Crippen molar-refractivity contribution in [2.75, 3.05) is 13.2 Å². The van der Waals surface area contributed by atoms with Crippen LogP contribution in [0.2, 0.25) is 0 Å². The van der Waals surface area contributed by atoms with Crippen LogP contribution in [-0.4, -0.2) is 31.5 Å². The van der Waals surface area contributed by atoms with Crippen LogP contribution in [0.4, 0.5) is 4.79 Å². The van der Waals surface area contributed by atoms with E-state index in [1.54, 1.807) is 0 Å². The Hall–Kier alpha value is -0.770. The van der Waals surface area contributed by atoms with E-state index in [4.69, 9.17) is 9.47 Å². The molecule has 1 amide bonds. The lowest BCUT2D eigenvalue weighted by atomic mass is 10.2. The molecule has 0 aromatic rings. The quantitative estimate of drug-likeness (QED) is 0.724. The van der Waals surface area contributed by atoms with Crippen molar-refractivity contribution in [3.05, 3.63) is 0 Å². The molecular formula is C9H17NO3. The number of hydrogen-bond acceptors (Lipinski definition) is 3. The topological polar surface area (TPSA) is 47.6 Å². The SMILES string of the molecule is CC(C)NC(=O)OCC1CCCO1. The second-order valence-corrected chi connectivity index (χ2v) is 3.53. The Bertz CT molecular complexity index is 164. The van der Waals surface area contributed by atoms with Gasteiger partial charge in [0, 0.05) is 12.6 Å². The molecule has 1 saturated heterocycles. The van der Waals surface area contributed by atoms with Crippen LogP contribution in [0.1, 0.15) is 26.7 Å². The fourth-order valence-corrected chi connectivity index (χ4v) is 1.22. The van der Waals surface area contributed by atoms with Gasteiger partial charge in [0.1, 0.15) is 6.61 Å². The summed E-state index contributed by atoms with van der Waals surface area (Å²) < 4.78 is 10.3. The van der Waals surface area contributed by atoms with E-state index in [2.05, 4.69) is 5.32 Å². The monoisotopic (exact) mass is 187 g/mol. The first kappa shape index (κ1) is 10.3. The number of carbonyl (C=O) groups excluding carboxylic acids is 1. The molecule has 0 radical (unpaired) electrons. The highest BCUT2D eigenvalue weighted by atomic mass is 16.6. The van der Waals surface area contributed by atoms with Crippen molar-refractivity contribution in [1.29, 1.82) is 0 Å². The van der Waals surface area contributed by atoms with Gasteiger partial charge in [0.25, 0.3) is 0 Å². The minimum absolute atomic E-state index is 0.109. The fraction of sp³-hybridized carbons (Fsp3) is 0.889. The largest absolute Gasteiger partial charge is 0.447 e. The third-order valence-corrected chi connectivity index (χ3v) is 1.83. The van der Waals surface area contributed by atoms with E-state index in [9.17, 15) is 4.79 Å². The van der Waals surface area contributed by atoms with E-state index in [1.807, 2.05) is 13.8 Å². The summed E-state index contributed by atoms with van der Waals surface area (Å²) in [6, 6.07) is 0.122. The molecule has 0 spiro atoms. The van der Waals surface area contributed by atoms with Crippen LogP contribution in [0.25, 0.3) is 0 Å². The number of nitrogens with one attached hydrogen (secondary N) is 1. The van der Waals surface area contributed by atoms with E-state index in [0.29, 0.717) is 6.61 Å². The van der Waals surface area contributed by atoms with Crippen molar-refractivity contribution in [3.63, 3.8) is 0 Å². The van der Waals surface area contributed by atoms with Gasteiger partial charge < -0.3 is 14.8 Å². The summed E-state index contributed by atoms with van der Waals surface area (Å²) in [5.41, 5.74) is 0. The second-order valence-electron chi connectivity index (χ2n) is 3.53. The van der Waals surface area contributed by atoms with Crippen molar-refractivity contribution >= 4 is 6.09 Å². The third kappa shape index (κ3) is 4.12. The van der Waals surface area contributed by atoms with Crippen LogP contribution >= 0.6 is 0 Å². The number of amides is 1. The minimum Gasteiger partial charge on any atom is -0.447 e. The first-order chi connectivity index (χ1) is 6.18. The first-order valence-electron chi connectivity index (χ1n) is 4.73. The van der Waals surface area contributed by atoms with Crippen LogP contribution in [0.3, 0.4) is 0 Å². The molecule has 0 aromatic heterocycles. The van der Waals surface area contributed by atoms with E-state index in [-0.39, 0.29) is 18.2 Å². The smallest absolute Gasteiger partial charge is 0.407 e. The maximum absolute atomic E-state index is 11.0. The van der Waals surface area contributed by atoms with Crippen molar-refractivity contribution < 1.29 is 14.3 Å². The predicted molar refractivity (Wildman–Crippen MR) is 48.6 cm³/mol. The summed E-state index contributed by atoms with van der Waals surface area (Å²) in [6.45, 7) is 4.96. The summed E-state index contributed by atoms with van der Waals surface area (Å²) in [4.78, 5) is 11.0. The van der Waals surface area contributed by atoms with Crippen LogP contribution in [0.5, 0.6) is 0 Å². The zero-order valence-electron chi connectivity index (χ0n) is 8.21. The molecule has 1 aliphatic rings. The predicted octanol–water partition coefficient (Wildman–Crippen LogP) is 1.30. The minimum atomic E-state index is -0.356. The zero-order valence-corrected chi connectivity index (χ0v) is 8.21. The van der Waals surface area contributed by atoms with Gasteiger partial charge in [0.2, 0.25) is 0 Å². The Labute approximate surface area is 78.6 Å². The average molecular weight is 187 g/mol. The molecule has 4 heteroatoms. The molecule has 0 bridgehead atoms. The van der Waals surface area contributed by atoms with Gasteiger partial charge >= 0.3 is 6.09 Å². The van der Waals surface area contributed by atoms with Gasteiger partial charge in [-0.3, -0.25) is 0 Å². The highest BCUT2D eigenvalue weighted by Crippen LogP contribution is 2.11. The molecule has 0 aromatic carbocycles. The molecule has 1 heterocycles. The molecule has 0 aliphatic carbocycles. The number of alkyl carbamates (subject to hydrolysis) is 1. The van der Waals surface area contributed by atoms with Crippen molar-refractivity contribution in [2.45, 2.75) is 38.8 Å². The van der Waals surface area contributed by atoms with Crippen LogP contribution in [-0.2, 0) is 9.47 Å². The summed E-state index contributed by atoms with van der Waals surface area (Å²) >= 11 is 0. The van der Waals surface area contributed by atoms with Gasteiger partial charge in [-0.05, 0) is 26.7 Å². The van der Waals surface area contributed by atoms with Crippen LogP contribution in [0.15, 0.2) is 0 Å². The average Bonchev–Trinajstić information content (AvgIpc) is 2.51. The maximum Gasteiger partial charge on any atom is 0.407 e. The van der Waals surface area contributed by atoms with Crippen molar-refractivity contribution in [1.82, 2.24) is 5.32 Å². The molecule has 76 valence electrons. The molecule has 13 heavy (non-hydrogen) atoms. The Morgan fingerprint density at radius 2 is 2.46 bits per heavy atom. The lowest BCUT2D eigenvalue weighted by molar-refractivity contribution is 0.0432. The van der Waals surface area contributed by atoms with Gasteiger partial charge in [-0.15, -0.1) is 0 Å². The van der Waals surface area contributed by atoms with Gasteiger partial charge in [0.05, 0.1) is 6.10 Å². The molecule has 1 atom stereocenters. The van der Waals surface area contributed by atoms with Crippen molar-refractivity contribution in [2.24, 2.45) is 0 Å². The molecule has 1 aliphatic heterocycles. The van der Waals surface area contributed by atoms with Crippen molar-refractivity contribution in [3.8, 4) is 0 Å². The Balaban J connectivity index is 2.07. The summed E-state index contributed by atoms with van der Waals surface area (Å²) in [5.74, 6) is 0. The van der Waals surface area contributed by atoms with Gasteiger partial charge in [0.15, 0.2) is 0 Å². The standard InChI is InChI=1S/C9H17NO3/c1-7(2)10-9(11)13-6-8-4-3-5-12-8/h7-8H,3-6H2,1-2H3,(H,10,11). The molecule has 1 rings (SSSR count). The highest BCUT2D eigenvalue weighted by Gasteiger charge is 2.17. The highest BCUT2D eigenvalue weighted by molar-refractivity contribution is 5.67. The zero-order chi connectivity index (χ0) is 9.68. The van der Waals surface area contributed by atoms with Crippen LogP contribution in [0, 0.1) is 0 Å². The normalized spacial score (nSPS) is 21.9. The number of carbonyl (C=O) groups is 1. The molecule has 1 N–H and O–H groups in total. The number of ether oxygens (including phenoxy) is 2. The summed E-state index contributed by atoms with van der Waals surface area (Å²) in [7, 11) is 0. The maximum atomic E-state index is 11.0.